The number of hydrogen-bond acceptors (Lipinski definition) is 4. The number of aliphatic imine (C=N–C) groups is 2. The Bertz CT molecular complexity index is 1010. The van der Waals surface area contributed by atoms with E-state index in [0.717, 1.165) is 50.4 Å². The maximum atomic E-state index is 5.95. The molecule has 1 aliphatic carbocycles. The molecular formula is C28H35N3O. The van der Waals surface area contributed by atoms with Crippen LogP contribution in [0.1, 0.15) is 68.6 Å². The Hall–Kier alpha value is -2.46. The molecule has 4 nitrogen and oxygen atoms in total. The molecular weight excluding hydrogens is 394 g/mol. The quantitative estimate of drug-likeness (QED) is 0.624. The van der Waals surface area contributed by atoms with Crippen LogP contribution in [-0.4, -0.2) is 24.8 Å². The maximum Gasteiger partial charge on any atom is 0.188 e. The van der Waals surface area contributed by atoms with Crippen LogP contribution in [0.5, 0.6) is 0 Å². The van der Waals surface area contributed by atoms with Gasteiger partial charge in [-0.3, -0.25) is 4.99 Å². The van der Waals surface area contributed by atoms with Crippen LogP contribution in [0, 0.1) is 11.8 Å². The minimum absolute atomic E-state index is 0.572. The highest BCUT2D eigenvalue weighted by Gasteiger charge is 2.28. The van der Waals surface area contributed by atoms with Crippen LogP contribution in [-0.2, 0) is 17.7 Å². The predicted molar refractivity (Wildman–Crippen MR) is 133 cm³/mol. The molecule has 0 bridgehead atoms. The molecule has 5 rings (SSSR count). The van der Waals surface area contributed by atoms with E-state index in [-0.39, 0.29) is 0 Å². The second kappa shape index (κ2) is 9.58. The first-order valence-corrected chi connectivity index (χ1v) is 12.4. The zero-order valence-corrected chi connectivity index (χ0v) is 19.3. The fourth-order valence-corrected chi connectivity index (χ4v) is 5.51. The van der Waals surface area contributed by atoms with Crippen LogP contribution < -0.4 is 5.32 Å². The Kier molecular flexibility index (Phi) is 6.40. The maximum absolute atomic E-state index is 5.95. The number of allylic oxidation sites excluding steroid dienone is 2. The van der Waals surface area contributed by atoms with Gasteiger partial charge in [0.15, 0.2) is 5.90 Å². The monoisotopic (exact) mass is 429 g/mol. The zero-order valence-electron chi connectivity index (χ0n) is 19.3. The lowest BCUT2D eigenvalue weighted by molar-refractivity contribution is 0.287. The van der Waals surface area contributed by atoms with Gasteiger partial charge in [-0.2, -0.15) is 0 Å². The van der Waals surface area contributed by atoms with Gasteiger partial charge in [0.05, 0.1) is 5.70 Å². The lowest BCUT2D eigenvalue weighted by Gasteiger charge is -2.31. The second-order valence-electron chi connectivity index (χ2n) is 9.67. The van der Waals surface area contributed by atoms with Crippen molar-refractivity contribution in [2.75, 3.05) is 13.2 Å². The van der Waals surface area contributed by atoms with Gasteiger partial charge in [-0.15, -0.1) is 0 Å². The van der Waals surface area contributed by atoms with Crippen LogP contribution in [0.4, 0.5) is 0 Å². The van der Waals surface area contributed by atoms with E-state index in [1.54, 1.807) is 0 Å². The normalized spacial score (nSPS) is 25.7. The molecule has 1 aromatic carbocycles. The SMILES string of the molecule is C=C1CC(CC)=CN=C1C1CCC(CC2=NC(c3ccc4c(c3)CCNC4)=CCO2)CC1. The smallest absolute Gasteiger partial charge is 0.188 e. The van der Waals surface area contributed by atoms with Crippen LogP contribution in [0.2, 0.25) is 0 Å². The Balaban J connectivity index is 1.20. The van der Waals surface area contributed by atoms with Crippen molar-refractivity contribution in [2.45, 2.75) is 64.8 Å². The number of fused-ring (bicyclic) bond motifs is 1. The topological polar surface area (TPSA) is 46.0 Å². The van der Waals surface area contributed by atoms with Gasteiger partial charge in [0, 0.05) is 36.4 Å². The third kappa shape index (κ3) is 4.66. The highest BCUT2D eigenvalue weighted by Crippen LogP contribution is 2.36. The molecule has 0 radical (unpaired) electrons. The third-order valence-corrected chi connectivity index (χ3v) is 7.50. The summed E-state index contributed by atoms with van der Waals surface area (Å²) in [6.07, 6.45) is 13.2. The van der Waals surface area contributed by atoms with Crippen molar-refractivity contribution in [3.05, 3.63) is 64.9 Å². The summed E-state index contributed by atoms with van der Waals surface area (Å²) in [7, 11) is 0. The van der Waals surface area contributed by atoms with Gasteiger partial charge in [-0.05, 0) is 91.8 Å². The average molecular weight is 430 g/mol. The van der Waals surface area contributed by atoms with Gasteiger partial charge in [0.1, 0.15) is 6.61 Å². The van der Waals surface area contributed by atoms with Gasteiger partial charge in [-0.1, -0.05) is 25.6 Å². The molecule has 0 amide bonds. The highest BCUT2D eigenvalue weighted by molar-refractivity contribution is 6.02. The summed E-state index contributed by atoms with van der Waals surface area (Å²) in [6.45, 7) is 9.19. The number of rotatable bonds is 5. The van der Waals surface area contributed by atoms with Crippen LogP contribution in [0.15, 0.2) is 58.2 Å². The molecule has 3 heterocycles. The first-order chi connectivity index (χ1) is 15.7. The third-order valence-electron chi connectivity index (χ3n) is 7.50. The first kappa shape index (κ1) is 21.4. The molecule has 0 spiro atoms. The summed E-state index contributed by atoms with van der Waals surface area (Å²) in [5.74, 6) is 2.14. The molecule has 4 aliphatic rings. The van der Waals surface area contributed by atoms with E-state index in [1.165, 1.54) is 59.2 Å². The molecule has 0 atom stereocenters. The van der Waals surface area contributed by atoms with E-state index in [4.69, 9.17) is 14.7 Å². The van der Waals surface area contributed by atoms with Crippen LogP contribution in [0.25, 0.3) is 5.70 Å². The Morgan fingerprint density at radius 2 is 2.03 bits per heavy atom. The van der Waals surface area contributed by atoms with Gasteiger partial charge >= 0.3 is 0 Å². The minimum atomic E-state index is 0.572. The molecule has 1 N–H and O–H groups in total. The Labute approximate surface area is 192 Å². The van der Waals surface area contributed by atoms with Crippen molar-refractivity contribution < 1.29 is 4.74 Å². The fraction of sp³-hybridized carbons (Fsp3) is 0.500. The molecule has 32 heavy (non-hydrogen) atoms. The van der Waals surface area contributed by atoms with Crippen molar-refractivity contribution in [3.63, 3.8) is 0 Å². The lowest BCUT2D eigenvalue weighted by Crippen LogP contribution is -2.26. The lowest BCUT2D eigenvalue weighted by atomic mass is 9.76. The standard InChI is InChI=1S/C28H35N3O/c1-3-20-14-19(2)28(30-17-20)22-6-4-21(5-7-22)15-27-31-26(11-13-32-27)24-8-9-25-18-29-12-10-23(25)16-24/h8-9,11,16-17,21-22,29H,2-7,10,12-15,18H2,1H3. The summed E-state index contributed by atoms with van der Waals surface area (Å²) >= 11 is 0. The molecule has 1 saturated carbocycles. The Morgan fingerprint density at radius 1 is 1.16 bits per heavy atom. The van der Waals surface area contributed by atoms with Crippen LogP contribution in [0.3, 0.4) is 0 Å². The molecule has 1 aromatic rings. The first-order valence-electron chi connectivity index (χ1n) is 12.4. The summed E-state index contributed by atoms with van der Waals surface area (Å²) in [5, 5.41) is 3.45. The van der Waals surface area contributed by atoms with E-state index < -0.39 is 0 Å². The van der Waals surface area contributed by atoms with Crippen molar-refractivity contribution in [1.82, 2.24) is 5.32 Å². The van der Waals surface area contributed by atoms with Gasteiger partial charge in [0.25, 0.3) is 0 Å². The summed E-state index contributed by atoms with van der Waals surface area (Å²) in [6, 6.07) is 6.80. The molecule has 1 fully saturated rings. The predicted octanol–water partition coefficient (Wildman–Crippen LogP) is 5.99. The molecule has 0 unspecified atom stereocenters. The molecule has 3 aliphatic heterocycles. The van der Waals surface area contributed by atoms with E-state index >= 15 is 0 Å². The van der Waals surface area contributed by atoms with Gasteiger partial charge < -0.3 is 10.1 Å². The number of nitrogens with zero attached hydrogens (tertiary/aromatic N) is 2. The van der Waals surface area contributed by atoms with E-state index in [0.29, 0.717) is 18.4 Å². The molecule has 4 heteroatoms. The molecule has 0 aromatic heterocycles. The molecule has 168 valence electrons. The van der Waals surface area contributed by atoms with Gasteiger partial charge in [0.2, 0.25) is 0 Å². The number of nitrogens with one attached hydrogen (secondary N) is 1. The number of benzene rings is 1. The minimum Gasteiger partial charge on any atom is -0.476 e. The summed E-state index contributed by atoms with van der Waals surface area (Å²) in [4.78, 5) is 9.72. The zero-order chi connectivity index (χ0) is 21.9. The number of hydrogen-bond donors (Lipinski definition) is 1. The second-order valence-corrected chi connectivity index (χ2v) is 9.67. The fourth-order valence-electron chi connectivity index (χ4n) is 5.51. The largest absolute Gasteiger partial charge is 0.476 e. The van der Waals surface area contributed by atoms with E-state index in [2.05, 4.69) is 49.3 Å². The van der Waals surface area contributed by atoms with Crippen molar-refractivity contribution in [1.29, 1.82) is 0 Å². The summed E-state index contributed by atoms with van der Waals surface area (Å²) in [5.41, 5.74) is 9.08. The van der Waals surface area contributed by atoms with Crippen molar-refractivity contribution >= 4 is 17.3 Å². The van der Waals surface area contributed by atoms with Crippen LogP contribution >= 0.6 is 0 Å². The highest BCUT2D eigenvalue weighted by atomic mass is 16.5. The van der Waals surface area contributed by atoms with Gasteiger partial charge in [-0.25, -0.2) is 4.99 Å². The number of ether oxygens (including phenoxy) is 1. The van der Waals surface area contributed by atoms with E-state index in [1.807, 2.05) is 0 Å². The van der Waals surface area contributed by atoms with Crippen molar-refractivity contribution in [3.8, 4) is 0 Å². The van der Waals surface area contributed by atoms with Crippen molar-refractivity contribution in [2.24, 2.45) is 21.8 Å². The molecule has 0 saturated heterocycles. The average Bonchev–Trinajstić information content (AvgIpc) is 2.84. The Morgan fingerprint density at radius 3 is 2.84 bits per heavy atom. The van der Waals surface area contributed by atoms with E-state index in [9.17, 15) is 0 Å². The summed E-state index contributed by atoms with van der Waals surface area (Å²) < 4.78 is 5.95.